The van der Waals surface area contributed by atoms with E-state index in [-0.39, 0.29) is 24.4 Å². The summed E-state index contributed by atoms with van der Waals surface area (Å²) in [6.45, 7) is 0.240. The molecule has 0 unspecified atom stereocenters. The third-order valence-corrected chi connectivity index (χ3v) is 4.80. The van der Waals surface area contributed by atoms with Gasteiger partial charge in [-0.1, -0.05) is 17.7 Å². The molecule has 0 saturated heterocycles. The maximum atomic E-state index is 12.2. The van der Waals surface area contributed by atoms with Crippen molar-refractivity contribution in [1.82, 2.24) is 18.7 Å². The Balaban J connectivity index is 1.88. The number of imidazole rings is 1. The molecule has 0 spiro atoms. The van der Waals surface area contributed by atoms with Crippen LogP contribution in [0.5, 0.6) is 0 Å². The average molecular weight is 441 g/mol. The van der Waals surface area contributed by atoms with Gasteiger partial charge >= 0.3 is 5.69 Å². The first-order valence-corrected chi connectivity index (χ1v) is 8.84. The number of fused-ring (bicyclic) bond motifs is 1. The molecule has 136 valence electrons. The molecule has 0 fully saturated rings. The van der Waals surface area contributed by atoms with Crippen LogP contribution in [0.15, 0.2) is 38.6 Å². The number of aromatic nitrogens is 4. The zero-order valence-electron chi connectivity index (χ0n) is 14.0. The highest BCUT2D eigenvalue weighted by Crippen LogP contribution is 2.18. The number of aryl methyl sites for hydroxylation is 2. The zero-order chi connectivity index (χ0) is 19.0. The van der Waals surface area contributed by atoms with Gasteiger partial charge in [0, 0.05) is 37.8 Å². The standard InChI is InChI=1S/C16H15BrClN5O3/c1-21-13-12(14(25)22(2)16(21)26)20-15(17)23(13)7-6-11(24)19-10-5-3-4-9(18)8-10/h3-5,8H,6-7H2,1-2H3,(H,19,24). The average Bonchev–Trinajstić information content (AvgIpc) is 2.93. The Kier molecular flexibility index (Phi) is 5.01. The maximum absolute atomic E-state index is 12.2. The number of halogens is 2. The van der Waals surface area contributed by atoms with Crippen LogP contribution in [-0.4, -0.2) is 24.6 Å². The van der Waals surface area contributed by atoms with E-state index in [1.807, 2.05) is 0 Å². The fourth-order valence-corrected chi connectivity index (χ4v) is 3.38. The first kappa shape index (κ1) is 18.4. The zero-order valence-corrected chi connectivity index (χ0v) is 16.3. The molecule has 0 saturated carbocycles. The van der Waals surface area contributed by atoms with Crippen molar-refractivity contribution in [2.24, 2.45) is 14.1 Å². The second-order valence-corrected chi connectivity index (χ2v) is 6.86. The van der Waals surface area contributed by atoms with Crippen LogP contribution in [0.25, 0.3) is 11.2 Å². The number of carbonyl (C=O) groups is 1. The van der Waals surface area contributed by atoms with Gasteiger partial charge in [0.2, 0.25) is 5.91 Å². The smallest absolute Gasteiger partial charge is 0.326 e. The van der Waals surface area contributed by atoms with E-state index in [9.17, 15) is 14.4 Å². The summed E-state index contributed by atoms with van der Waals surface area (Å²) in [5, 5.41) is 3.28. The van der Waals surface area contributed by atoms with E-state index in [0.717, 1.165) is 4.57 Å². The summed E-state index contributed by atoms with van der Waals surface area (Å²) >= 11 is 9.19. The highest BCUT2D eigenvalue weighted by molar-refractivity contribution is 9.10. The van der Waals surface area contributed by atoms with E-state index in [2.05, 4.69) is 26.2 Å². The predicted molar refractivity (Wildman–Crippen MR) is 103 cm³/mol. The third-order valence-electron chi connectivity index (χ3n) is 3.96. The van der Waals surface area contributed by atoms with Crippen LogP contribution in [-0.2, 0) is 25.4 Å². The number of carbonyl (C=O) groups excluding carboxylic acids is 1. The number of hydrogen-bond acceptors (Lipinski definition) is 4. The van der Waals surface area contributed by atoms with Gasteiger partial charge in [0.05, 0.1) is 0 Å². The Hall–Kier alpha value is -2.39. The van der Waals surface area contributed by atoms with E-state index < -0.39 is 11.2 Å². The molecule has 8 nitrogen and oxygen atoms in total. The Morgan fingerprint density at radius 3 is 2.69 bits per heavy atom. The Morgan fingerprint density at radius 2 is 2.00 bits per heavy atom. The number of benzene rings is 1. The van der Waals surface area contributed by atoms with Gasteiger partial charge in [-0.25, -0.2) is 9.78 Å². The Morgan fingerprint density at radius 1 is 1.27 bits per heavy atom. The molecule has 1 N–H and O–H groups in total. The topological polar surface area (TPSA) is 90.9 Å². The van der Waals surface area contributed by atoms with Crippen molar-refractivity contribution in [3.05, 3.63) is 54.9 Å². The van der Waals surface area contributed by atoms with Gasteiger partial charge in [0.1, 0.15) is 0 Å². The molecule has 2 aromatic heterocycles. The van der Waals surface area contributed by atoms with Crippen LogP contribution in [0.4, 0.5) is 5.69 Å². The second-order valence-electron chi connectivity index (χ2n) is 5.72. The molecule has 10 heteroatoms. The second kappa shape index (κ2) is 7.08. The van der Waals surface area contributed by atoms with Gasteiger partial charge in [-0.2, -0.15) is 0 Å². The van der Waals surface area contributed by atoms with Crippen LogP contribution in [0.3, 0.4) is 0 Å². The van der Waals surface area contributed by atoms with Gasteiger partial charge in [-0.15, -0.1) is 0 Å². The molecule has 1 amide bonds. The number of hydrogen-bond donors (Lipinski definition) is 1. The van der Waals surface area contributed by atoms with Crippen molar-refractivity contribution in [2.75, 3.05) is 5.32 Å². The minimum absolute atomic E-state index is 0.125. The Labute approximate surface area is 161 Å². The third kappa shape index (κ3) is 3.32. The Bertz CT molecular complexity index is 1130. The first-order valence-electron chi connectivity index (χ1n) is 7.66. The summed E-state index contributed by atoms with van der Waals surface area (Å²) in [7, 11) is 2.95. The molecular weight excluding hydrogens is 426 g/mol. The van der Waals surface area contributed by atoms with Gasteiger partial charge in [0.25, 0.3) is 5.56 Å². The summed E-state index contributed by atoms with van der Waals surface area (Å²) in [5.41, 5.74) is 0.182. The highest BCUT2D eigenvalue weighted by Gasteiger charge is 2.18. The minimum atomic E-state index is -0.481. The molecule has 0 aliphatic rings. The lowest BCUT2D eigenvalue weighted by molar-refractivity contribution is -0.116. The SMILES string of the molecule is Cn1c(=O)c2nc(Br)n(CCC(=O)Nc3cccc(Cl)c3)c2n(C)c1=O. The summed E-state index contributed by atoms with van der Waals surface area (Å²) in [6.07, 6.45) is 0.125. The quantitative estimate of drug-likeness (QED) is 0.627. The van der Waals surface area contributed by atoms with Gasteiger partial charge < -0.3 is 9.88 Å². The molecule has 0 atom stereocenters. The fourth-order valence-electron chi connectivity index (χ4n) is 2.66. The molecular formula is C16H15BrClN5O3. The lowest BCUT2D eigenvalue weighted by Crippen LogP contribution is -2.37. The van der Waals surface area contributed by atoms with Gasteiger partial charge in [-0.3, -0.25) is 18.7 Å². The number of anilines is 1. The summed E-state index contributed by atoms with van der Waals surface area (Å²) in [6, 6.07) is 6.84. The molecule has 3 aromatic rings. The molecule has 0 bridgehead atoms. The van der Waals surface area contributed by atoms with Crippen molar-refractivity contribution < 1.29 is 4.79 Å². The predicted octanol–water partition coefficient (Wildman–Crippen LogP) is 1.88. The largest absolute Gasteiger partial charge is 0.332 e. The van der Waals surface area contributed by atoms with Crippen molar-refractivity contribution in [1.29, 1.82) is 0 Å². The lowest BCUT2D eigenvalue weighted by Gasteiger charge is -2.10. The van der Waals surface area contributed by atoms with Crippen LogP contribution < -0.4 is 16.6 Å². The van der Waals surface area contributed by atoms with Crippen LogP contribution in [0.1, 0.15) is 6.42 Å². The highest BCUT2D eigenvalue weighted by atomic mass is 79.9. The molecule has 0 aliphatic carbocycles. The summed E-state index contributed by atoms with van der Waals surface area (Å²) in [5.74, 6) is -0.227. The minimum Gasteiger partial charge on any atom is -0.326 e. The molecule has 1 aromatic carbocycles. The first-order chi connectivity index (χ1) is 12.3. The van der Waals surface area contributed by atoms with Gasteiger partial charge in [-0.05, 0) is 34.1 Å². The van der Waals surface area contributed by atoms with Crippen molar-refractivity contribution in [2.45, 2.75) is 13.0 Å². The van der Waals surface area contributed by atoms with E-state index in [1.165, 1.54) is 11.6 Å². The number of rotatable bonds is 4. The summed E-state index contributed by atoms with van der Waals surface area (Å²) < 4.78 is 4.33. The van der Waals surface area contributed by atoms with E-state index in [4.69, 9.17) is 11.6 Å². The van der Waals surface area contributed by atoms with Crippen LogP contribution in [0.2, 0.25) is 5.02 Å². The van der Waals surface area contributed by atoms with E-state index in [1.54, 1.807) is 35.9 Å². The number of nitrogens with zero attached hydrogens (tertiary/aromatic N) is 4. The maximum Gasteiger partial charge on any atom is 0.332 e. The molecule has 2 heterocycles. The number of amides is 1. The molecule has 26 heavy (non-hydrogen) atoms. The normalized spacial score (nSPS) is 11.1. The van der Waals surface area contributed by atoms with Crippen LogP contribution in [0, 0.1) is 0 Å². The summed E-state index contributed by atoms with van der Waals surface area (Å²) in [4.78, 5) is 40.8. The van der Waals surface area contributed by atoms with Crippen LogP contribution >= 0.6 is 27.5 Å². The van der Waals surface area contributed by atoms with Crippen molar-refractivity contribution >= 4 is 50.3 Å². The molecule has 0 radical (unpaired) electrons. The molecule has 3 rings (SSSR count). The van der Waals surface area contributed by atoms with Gasteiger partial charge in [0.15, 0.2) is 15.9 Å². The molecule has 0 aliphatic heterocycles. The van der Waals surface area contributed by atoms with Crippen molar-refractivity contribution in [3.8, 4) is 0 Å². The monoisotopic (exact) mass is 439 g/mol. The van der Waals surface area contributed by atoms with E-state index in [0.29, 0.717) is 21.1 Å². The van der Waals surface area contributed by atoms with Crippen molar-refractivity contribution in [3.63, 3.8) is 0 Å². The van der Waals surface area contributed by atoms with E-state index >= 15 is 0 Å². The fraction of sp³-hybridized carbons (Fsp3) is 0.250. The lowest BCUT2D eigenvalue weighted by atomic mass is 10.3. The number of nitrogens with one attached hydrogen (secondary N) is 1.